The van der Waals surface area contributed by atoms with E-state index in [2.05, 4.69) is 44.7 Å². The molecule has 3 aromatic heterocycles. The number of hydrogen-bond acceptors (Lipinski definition) is 4. The number of benzene rings is 1. The lowest BCUT2D eigenvalue weighted by Gasteiger charge is -2.11. The third kappa shape index (κ3) is 2.54. The van der Waals surface area contributed by atoms with Crippen LogP contribution in [0.5, 0.6) is 0 Å². The van der Waals surface area contributed by atoms with E-state index in [0.29, 0.717) is 0 Å². The van der Waals surface area contributed by atoms with Gasteiger partial charge in [0.2, 0.25) is 0 Å². The molecule has 0 bridgehead atoms. The molecule has 4 aromatic rings. The fourth-order valence-electron chi connectivity index (χ4n) is 3.05. The molecule has 0 aliphatic carbocycles. The molecular formula is C19H18N4O. The van der Waals surface area contributed by atoms with Crippen molar-refractivity contribution in [2.24, 2.45) is 0 Å². The van der Waals surface area contributed by atoms with Crippen LogP contribution in [0.25, 0.3) is 22.0 Å². The summed E-state index contributed by atoms with van der Waals surface area (Å²) in [5.41, 5.74) is 6.35. The molecule has 0 atom stereocenters. The largest absolute Gasteiger partial charge is 0.380 e. The molecule has 0 unspecified atom stereocenters. The minimum atomic E-state index is 0.721. The molecular weight excluding hydrogens is 300 g/mol. The number of nitrogens with zero attached hydrogens (tertiary/aromatic N) is 2. The Balaban J connectivity index is 1.75. The van der Waals surface area contributed by atoms with E-state index in [1.165, 1.54) is 0 Å². The van der Waals surface area contributed by atoms with Crippen LogP contribution in [-0.4, -0.2) is 15.1 Å². The van der Waals surface area contributed by atoms with Crippen LogP contribution in [0.1, 0.15) is 17.0 Å². The van der Waals surface area contributed by atoms with Crippen molar-refractivity contribution in [1.82, 2.24) is 15.1 Å². The van der Waals surface area contributed by atoms with Crippen LogP contribution in [0.2, 0.25) is 0 Å². The van der Waals surface area contributed by atoms with E-state index in [1.54, 1.807) is 6.20 Å². The maximum Gasteiger partial charge on any atom is 0.141 e. The second kappa shape index (κ2) is 5.85. The summed E-state index contributed by atoms with van der Waals surface area (Å²) in [5.74, 6) is 0.830. The van der Waals surface area contributed by atoms with Gasteiger partial charge in [0.25, 0.3) is 0 Å². The summed E-state index contributed by atoms with van der Waals surface area (Å²) in [6, 6.07) is 10.4. The molecule has 4 rings (SSSR count). The summed E-state index contributed by atoms with van der Waals surface area (Å²) < 4.78 is 5.32. The first-order valence-electron chi connectivity index (χ1n) is 7.89. The van der Waals surface area contributed by atoms with Crippen molar-refractivity contribution in [3.8, 4) is 11.1 Å². The zero-order valence-electron chi connectivity index (χ0n) is 13.6. The van der Waals surface area contributed by atoms with E-state index in [1.807, 2.05) is 32.3 Å². The van der Waals surface area contributed by atoms with Crippen molar-refractivity contribution >= 4 is 16.6 Å². The van der Waals surface area contributed by atoms with Crippen molar-refractivity contribution in [2.75, 3.05) is 5.32 Å². The highest BCUT2D eigenvalue weighted by Crippen LogP contribution is 2.34. The Bertz CT molecular complexity index is 966. The lowest BCUT2D eigenvalue weighted by molar-refractivity contribution is 0.393. The van der Waals surface area contributed by atoms with Gasteiger partial charge in [0.05, 0.1) is 5.69 Å². The van der Waals surface area contributed by atoms with Crippen molar-refractivity contribution in [2.45, 2.75) is 20.4 Å². The van der Waals surface area contributed by atoms with E-state index in [0.717, 1.165) is 51.3 Å². The predicted molar refractivity (Wildman–Crippen MR) is 94.8 cm³/mol. The second-order valence-corrected chi connectivity index (χ2v) is 5.88. The molecule has 0 spiro atoms. The van der Waals surface area contributed by atoms with Crippen LogP contribution in [0.3, 0.4) is 0 Å². The number of aromatic nitrogens is 3. The average molecular weight is 318 g/mol. The van der Waals surface area contributed by atoms with Crippen molar-refractivity contribution in [3.05, 3.63) is 65.9 Å². The molecule has 2 N–H and O–H groups in total. The Morgan fingerprint density at radius 2 is 2.12 bits per heavy atom. The third-order valence-electron chi connectivity index (χ3n) is 4.20. The van der Waals surface area contributed by atoms with Crippen LogP contribution in [0.15, 0.2) is 53.4 Å². The van der Waals surface area contributed by atoms with Gasteiger partial charge in [-0.25, -0.2) is 0 Å². The Labute approximate surface area is 139 Å². The second-order valence-electron chi connectivity index (χ2n) is 5.88. The maximum absolute atomic E-state index is 5.32. The summed E-state index contributed by atoms with van der Waals surface area (Å²) in [5, 5.41) is 8.75. The third-order valence-corrected chi connectivity index (χ3v) is 4.20. The number of H-pyrrole nitrogens is 1. The highest BCUT2D eigenvalue weighted by atomic mass is 16.5. The van der Waals surface area contributed by atoms with Gasteiger partial charge in [0.1, 0.15) is 5.76 Å². The maximum atomic E-state index is 5.32. The number of nitrogens with one attached hydrogen (secondary N) is 2. The Morgan fingerprint density at radius 1 is 1.21 bits per heavy atom. The van der Waals surface area contributed by atoms with Gasteiger partial charge < -0.3 is 14.8 Å². The Hall–Kier alpha value is -3.08. The summed E-state index contributed by atoms with van der Waals surface area (Å²) in [6.45, 7) is 4.63. The monoisotopic (exact) mass is 318 g/mol. The Kier molecular flexibility index (Phi) is 3.54. The molecule has 0 amide bonds. The molecule has 24 heavy (non-hydrogen) atoms. The molecule has 0 radical (unpaired) electrons. The Morgan fingerprint density at radius 3 is 2.88 bits per heavy atom. The lowest BCUT2D eigenvalue weighted by Crippen LogP contribution is -2.00. The van der Waals surface area contributed by atoms with Crippen LogP contribution >= 0.6 is 0 Å². The highest BCUT2D eigenvalue weighted by molar-refractivity contribution is 5.96. The average Bonchev–Trinajstić information content (AvgIpc) is 3.20. The molecule has 0 saturated heterocycles. The topological polar surface area (TPSA) is 66.7 Å². The zero-order chi connectivity index (χ0) is 16.5. The summed E-state index contributed by atoms with van der Waals surface area (Å²) in [6.07, 6.45) is 5.61. The van der Waals surface area contributed by atoms with E-state index in [-0.39, 0.29) is 0 Å². The first-order valence-corrected chi connectivity index (χ1v) is 7.89. The molecule has 5 nitrogen and oxygen atoms in total. The first kappa shape index (κ1) is 14.5. The molecule has 1 aromatic carbocycles. The van der Waals surface area contributed by atoms with Gasteiger partial charge in [-0.1, -0.05) is 11.2 Å². The quantitative estimate of drug-likeness (QED) is 0.583. The summed E-state index contributed by atoms with van der Waals surface area (Å²) in [7, 11) is 0. The lowest BCUT2D eigenvalue weighted by atomic mass is 10.0. The highest BCUT2D eigenvalue weighted by Gasteiger charge is 2.14. The number of fused-ring (bicyclic) bond motifs is 1. The van der Waals surface area contributed by atoms with Gasteiger partial charge in [-0.2, -0.15) is 0 Å². The molecule has 5 heteroatoms. The molecule has 3 heterocycles. The zero-order valence-corrected chi connectivity index (χ0v) is 13.6. The normalized spacial score (nSPS) is 11.1. The number of rotatable bonds is 4. The number of anilines is 1. The standard InChI is InChI=1S/C19H18N4O/c1-12-19(13(2)24-23-12)15-8-17-16(5-7-21-17)18(9-15)22-11-14-4-3-6-20-10-14/h3-10,21-22H,11H2,1-2H3. The van der Waals surface area contributed by atoms with Crippen LogP contribution in [0.4, 0.5) is 5.69 Å². The van der Waals surface area contributed by atoms with Gasteiger partial charge in [-0.15, -0.1) is 0 Å². The minimum absolute atomic E-state index is 0.721. The molecule has 0 aliphatic heterocycles. The van der Waals surface area contributed by atoms with Gasteiger partial charge in [0, 0.05) is 47.3 Å². The predicted octanol–water partition coefficient (Wildman–Crippen LogP) is 4.45. The summed E-state index contributed by atoms with van der Waals surface area (Å²) in [4.78, 5) is 7.46. The number of aromatic amines is 1. The van der Waals surface area contributed by atoms with Crippen LogP contribution in [-0.2, 0) is 6.54 Å². The molecule has 0 fully saturated rings. The summed E-state index contributed by atoms with van der Waals surface area (Å²) >= 11 is 0. The first-order chi connectivity index (χ1) is 11.7. The minimum Gasteiger partial charge on any atom is -0.380 e. The van der Waals surface area contributed by atoms with E-state index in [4.69, 9.17) is 4.52 Å². The van der Waals surface area contributed by atoms with Crippen LogP contribution < -0.4 is 5.32 Å². The van der Waals surface area contributed by atoms with E-state index < -0.39 is 0 Å². The van der Waals surface area contributed by atoms with Gasteiger partial charge in [-0.3, -0.25) is 4.98 Å². The number of pyridine rings is 1. The molecule has 0 saturated carbocycles. The smallest absolute Gasteiger partial charge is 0.141 e. The number of aryl methyl sites for hydroxylation is 2. The van der Waals surface area contributed by atoms with Crippen molar-refractivity contribution < 1.29 is 4.52 Å². The SMILES string of the molecule is Cc1noc(C)c1-c1cc(NCc2cccnc2)c2cc[nH]c2c1. The fraction of sp³-hybridized carbons (Fsp3) is 0.158. The van der Waals surface area contributed by atoms with Gasteiger partial charge in [-0.05, 0) is 49.2 Å². The van der Waals surface area contributed by atoms with E-state index >= 15 is 0 Å². The van der Waals surface area contributed by atoms with Gasteiger partial charge in [0.15, 0.2) is 0 Å². The van der Waals surface area contributed by atoms with Gasteiger partial charge >= 0.3 is 0 Å². The van der Waals surface area contributed by atoms with E-state index in [9.17, 15) is 0 Å². The number of hydrogen-bond donors (Lipinski definition) is 2. The molecule has 0 aliphatic rings. The van der Waals surface area contributed by atoms with Crippen LogP contribution in [0, 0.1) is 13.8 Å². The van der Waals surface area contributed by atoms with Crippen molar-refractivity contribution in [1.29, 1.82) is 0 Å². The molecule has 120 valence electrons. The fourth-order valence-corrected chi connectivity index (χ4v) is 3.05. The van der Waals surface area contributed by atoms with Crippen molar-refractivity contribution in [3.63, 3.8) is 0 Å².